The van der Waals surface area contributed by atoms with Crippen molar-refractivity contribution in [2.75, 3.05) is 0 Å². The first-order valence-corrected chi connectivity index (χ1v) is 9.84. The number of nitriles is 1. The average Bonchev–Trinajstić information content (AvgIpc) is 2.70. The second-order valence-corrected chi connectivity index (χ2v) is 7.64. The number of hydrogen-bond acceptors (Lipinski definition) is 4. The Morgan fingerprint density at radius 1 is 1.04 bits per heavy atom. The molecule has 2 aromatic carbocycles. The lowest BCUT2D eigenvalue weighted by Crippen LogP contribution is -2.39. The molecule has 0 bridgehead atoms. The fourth-order valence-electron chi connectivity index (χ4n) is 3.66. The average molecular weight is 409 g/mol. The van der Waals surface area contributed by atoms with Crippen molar-refractivity contribution < 1.29 is 0 Å². The molecule has 1 atom stereocenters. The van der Waals surface area contributed by atoms with Gasteiger partial charge in [0.25, 0.3) is 0 Å². The molecule has 0 aromatic heterocycles. The Hall–Kier alpha value is -2.74. The van der Waals surface area contributed by atoms with E-state index in [9.17, 15) is 0 Å². The van der Waals surface area contributed by atoms with Gasteiger partial charge in [-0.2, -0.15) is 5.26 Å². The quantitative estimate of drug-likeness (QED) is 0.503. The van der Waals surface area contributed by atoms with Crippen LogP contribution < -0.4 is 10.6 Å². The number of benzene rings is 2. The van der Waals surface area contributed by atoms with Crippen molar-refractivity contribution in [3.63, 3.8) is 0 Å². The molecule has 2 aliphatic rings. The molecule has 0 fully saturated rings. The Morgan fingerprint density at radius 2 is 1.71 bits per heavy atom. The molecule has 6 heteroatoms. The van der Waals surface area contributed by atoms with E-state index in [1.54, 1.807) is 0 Å². The highest BCUT2D eigenvalue weighted by Crippen LogP contribution is 2.40. The van der Waals surface area contributed by atoms with Crippen LogP contribution in [0.1, 0.15) is 36.4 Å². The third kappa shape index (κ3) is 3.91. The molecule has 4 nitrogen and oxygen atoms in total. The fraction of sp³-hybridized carbons (Fsp3) is 0.182. The van der Waals surface area contributed by atoms with Crippen molar-refractivity contribution in [3.8, 4) is 6.19 Å². The molecular weight excluding hydrogens is 391 g/mol. The predicted molar refractivity (Wildman–Crippen MR) is 114 cm³/mol. The lowest BCUT2D eigenvalue weighted by molar-refractivity contribution is 0.651. The molecule has 1 aliphatic carbocycles. The molecule has 2 N–H and O–H groups in total. The molecule has 0 saturated carbocycles. The van der Waals surface area contributed by atoms with Crippen molar-refractivity contribution in [3.05, 3.63) is 86.5 Å². The molecule has 0 amide bonds. The van der Waals surface area contributed by atoms with Gasteiger partial charge in [-0.1, -0.05) is 47.5 Å². The van der Waals surface area contributed by atoms with E-state index in [2.05, 4.69) is 16.7 Å². The summed E-state index contributed by atoms with van der Waals surface area (Å²) in [6.07, 6.45) is 7.11. The maximum atomic E-state index is 9.09. The van der Waals surface area contributed by atoms with Gasteiger partial charge in [0.05, 0.1) is 0 Å². The minimum atomic E-state index is -0.140. The van der Waals surface area contributed by atoms with Crippen LogP contribution in [0.4, 0.5) is 0 Å². The van der Waals surface area contributed by atoms with E-state index in [1.165, 1.54) is 11.1 Å². The van der Waals surface area contributed by atoms with Crippen LogP contribution in [0, 0.1) is 11.5 Å². The number of nitrogens with zero attached hydrogens (tertiary/aromatic N) is 2. The lowest BCUT2D eigenvalue weighted by Gasteiger charge is -2.32. The fourth-order valence-corrected chi connectivity index (χ4v) is 3.91. The normalized spacial score (nSPS) is 20.1. The Labute approximate surface area is 174 Å². The van der Waals surface area contributed by atoms with E-state index in [-0.39, 0.29) is 6.04 Å². The SMILES string of the molecule is N#CNC1=NC(c2ccc(Cl)cc2)C2=C(N1)/C(=C/c1ccc(Cl)cc1)CCC2. The number of allylic oxidation sites excluding steroid dienone is 1. The standard InChI is InChI=1S/C22H18Cl2N4/c23-17-8-4-14(5-9-17)12-16-2-1-3-19-20(15-6-10-18(24)11-7-15)27-22(26-13-25)28-21(16)19/h4-12,20H,1-3H2,(H2,26,27,28)/b16-12+. The van der Waals surface area contributed by atoms with Gasteiger partial charge in [0, 0.05) is 15.7 Å². The third-order valence-electron chi connectivity index (χ3n) is 4.94. The summed E-state index contributed by atoms with van der Waals surface area (Å²) in [7, 11) is 0. The zero-order valence-corrected chi connectivity index (χ0v) is 16.6. The topological polar surface area (TPSA) is 60.2 Å². The summed E-state index contributed by atoms with van der Waals surface area (Å²) in [4.78, 5) is 4.74. The van der Waals surface area contributed by atoms with Gasteiger partial charge in [0.15, 0.2) is 6.19 Å². The van der Waals surface area contributed by atoms with Crippen LogP contribution in [0.25, 0.3) is 6.08 Å². The molecule has 1 heterocycles. The summed E-state index contributed by atoms with van der Waals surface area (Å²) in [5.74, 6) is 0.463. The first-order chi connectivity index (χ1) is 13.6. The van der Waals surface area contributed by atoms with Gasteiger partial charge in [-0.15, -0.1) is 0 Å². The molecule has 140 valence electrons. The van der Waals surface area contributed by atoms with E-state index in [1.807, 2.05) is 54.7 Å². The molecule has 0 radical (unpaired) electrons. The van der Waals surface area contributed by atoms with Gasteiger partial charge in [0.2, 0.25) is 5.96 Å². The van der Waals surface area contributed by atoms with Crippen LogP contribution in [0.5, 0.6) is 0 Å². The van der Waals surface area contributed by atoms with Crippen molar-refractivity contribution in [2.45, 2.75) is 25.3 Å². The Morgan fingerprint density at radius 3 is 2.39 bits per heavy atom. The smallest absolute Gasteiger partial charge is 0.210 e. The molecule has 0 spiro atoms. The maximum absolute atomic E-state index is 9.09. The first-order valence-electron chi connectivity index (χ1n) is 9.09. The van der Waals surface area contributed by atoms with Crippen molar-refractivity contribution in [1.29, 1.82) is 5.26 Å². The van der Waals surface area contributed by atoms with Gasteiger partial charge < -0.3 is 5.32 Å². The second kappa shape index (κ2) is 8.10. The molecule has 2 aromatic rings. The van der Waals surface area contributed by atoms with Crippen LogP contribution >= 0.6 is 23.2 Å². The number of rotatable bonds is 2. The van der Waals surface area contributed by atoms with Gasteiger partial charge in [-0.25, -0.2) is 4.99 Å². The molecule has 28 heavy (non-hydrogen) atoms. The number of guanidine groups is 1. The van der Waals surface area contributed by atoms with E-state index in [0.29, 0.717) is 11.0 Å². The highest BCUT2D eigenvalue weighted by Gasteiger charge is 2.29. The summed E-state index contributed by atoms with van der Waals surface area (Å²) >= 11 is 12.1. The summed E-state index contributed by atoms with van der Waals surface area (Å²) in [5, 5.41) is 16.5. The number of halogens is 2. The van der Waals surface area contributed by atoms with Crippen LogP contribution in [-0.4, -0.2) is 5.96 Å². The van der Waals surface area contributed by atoms with Crippen LogP contribution in [0.3, 0.4) is 0 Å². The molecule has 1 aliphatic heterocycles. The van der Waals surface area contributed by atoms with Crippen molar-refractivity contribution in [2.24, 2.45) is 4.99 Å². The summed E-state index contributed by atoms with van der Waals surface area (Å²) in [5.41, 5.74) is 5.64. The highest BCUT2D eigenvalue weighted by atomic mass is 35.5. The minimum absolute atomic E-state index is 0.140. The van der Waals surface area contributed by atoms with E-state index in [4.69, 9.17) is 33.5 Å². The van der Waals surface area contributed by atoms with Crippen molar-refractivity contribution >= 4 is 35.2 Å². The van der Waals surface area contributed by atoms with Gasteiger partial charge in [-0.3, -0.25) is 5.32 Å². The van der Waals surface area contributed by atoms with Gasteiger partial charge in [0.1, 0.15) is 6.04 Å². The lowest BCUT2D eigenvalue weighted by atomic mass is 9.84. The molecule has 4 rings (SSSR count). The van der Waals surface area contributed by atoms with Crippen molar-refractivity contribution in [1.82, 2.24) is 10.6 Å². The zero-order chi connectivity index (χ0) is 19.5. The summed E-state index contributed by atoms with van der Waals surface area (Å²) in [6, 6.07) is 15.4. The van der Waals surface area contributed by atoms with Crippen LogP contribution in [-0.2, 0) is 0 Å². The monoisotopic (exact) mass is 408 g/mol. The Bertz CT molecular complexity index is 1010. The van der Waals surface area contributed by atoms with Gasteiger partial charge in [-0.05, 0) is 71.9 Å². The van der Waals surface area contributed by atoms with Crippen LogP contribution in [0.2, 0.25) is 10.0 Å². The number of aliphatic imine (C=N–C) groups is 1. The summed E-state index contributed by atoms with van der Waals surface area (Å²) in [6.45, 7) is 0. The minimum Gasteiger partial charge on any atom is -0.325 e. The zero-order valence-electron chi connectivity index (χ0n) is 15.0. The maximum Gasteiger partial charge on any atom is 0.210 e. The predicted octanol–water partition coefficient (Wildman–Crippen LogP) is 5.59. The van der Waals surface area contributed by atoms with Crippen LogP contribution in [0.15, 0.2) is 70.4 Å². The first kappa shape index (κ1) is 18.6. The number of nitrogens with one attached hydrogen (secondary N) is 2. The second-order valence-electron chi connectivity index (χ2n) is 6.77. The van der Waals surface area contributed by atoms with E-state index >= 15 is 0 Å². The number of hydrogen-bond donors (Lipinski definition) is 2. The molecule has 1 unspecified atom stereocenters. The molecular formula is C22H18Cl2N4. The summed E-state index contributed by atoms with van der Waals surface area (Å²) < 4.78 is 0. The van der Waals surface area contributed by atoms with E-state index < -0.39 is 0 Å². The van der Waals surface area contributed by atoms with Gasteiger partial charge >= 0.3 is 0 Å². The molecule has 0 saturated heterocycles. The Balaban J connectivity index is 1.77. The highest BCUT2D eigenvalue weighted by molar-refractivity contribution is 6.30. The Kier molecular flexibility index (Phi) is 5.38. The third-order valence-corrected chi connectivity index (χ3v) is 5.44. The largest absolute Gasteiger partial charge is 0.325 e. The van der Waals surface area contributed by atoms with E-state index in [0.717, 1.165) is 41.1 Å².